The number of nitrogens with one attached hydrogen (secondary N) is 2. The summed E-state index contributed by atoms with van der Waals surface area (Å²) in [7, 11) is 0. The van der Waals surface area contributed by atoms with Gasteiger partial charge in [0.1, 0.15) is 11.6 Å². The quantitative estimate of drug-likeness (QED) is 0.322. The predicted molar refractivity (Wildman–Crippen MR) is 126 cm³/mol. The van der Waals surface area contributed by atoms with Crippen LogP contribution in [0.2, 0.25) is 5.02 Å². The summed E-state index contributed by atoms with van der Waals surface area (Å²) in [4.78, 5) is 20.6. The summed E-state index contributed by atoms with van der Waals surface area (Å²) in [6.07, 6.45) is 2.05. The average Bonchev–Trinajstić information content (AvgIpc) is 3.17. The molecule has 1 heterocycles. The molecule has 0 unspecified atom stereocenters. The second kappa shape index (κ2) is 9.23. The van der Waals surface area contributed by atoms with Gasteiger partial charge in [-0.1, -0.05) is 31.0 Å². The van der Waals surface area contributed by atoms with E-state index in [-0.39, 0.29) is 5.91 Å². The van der Waals surface area contributed by atoms with Crippen LogP contribution in [0.15, 0.2) is 60.7 Å². The molecule has 0 aliphatic carbocycles. The number of H-pyrrole nitrogens is 1. The number of aromatic nitrogens is 2. The first-order chi connectivity index (χ1) is 15.0. The van der Waals surface area contributed by atoms with Gasteiger partial charge in [0.25, 0.3) is 5.91 Å². The number of fused-ring (bicyclic) bond motifs is 1. The minimum Gasteiger partial charge on any atom is -0.494 e. The van der Waals surface area contributed by atoms with Crippen molar-refractivity contribution in [2.45, 2.75) is 26.7 Å². The zero-order valence-corrected chi connectivity index (χ0v) is 18.3. The molecule has 4 rings (SSSR count). The van der Waals surface area contributed by atoms with Crippen LogP contribution in [-0.2, 0) is 0 Å². The molecule has 2 N–H and O–H groups in total. The van der Waals surface area contributed by atoms with Crippen molar-refractivity contribution < 1.29 is 9.53 Å². The van der Waals surface area contributed by atoms with E-state index < -0.39 is 0 Å². The van der Waals surface area contributed by atoms with E-state index in [0.717, 1.165) is 40.8 Å². The molecule has 0 saturated heterocycles. The van der Waals surface area contributed by atoms with E-state index >= 15 is 0 Å². The Hall–Kier alpha value is -3.31. The number of amides is 1. The molecular formula is C25H24ClN3O2. The van der Waals surface area contributed by atoms with Crippen molar-refractivity contribution in [2.24, 2.45) is 0 Å². The number of imidazole rings is 1. The summed E-state index contributed by atoms with van der Waals surface area (Å²) in [6.45, 7) is 4.73. The third kappa shape index (κ3) is 4.89. The molecule has 6 heteroatoms. The van der Waals surface area contributed by atoms with E-state index in [0.29, 0.717) is 28.6 Å². The SMILES string of the molecule is CCCCOc1cccc(C(=O)Nc2ccc(-c3nc4cc(Cl)c(C)cc4[nH]3)cc2)c1. The smallest absolute Gasteiger partial charge is 0.255 e. The number of hydrogen-bond acceptors (Lipinski definition) is 3. The van der Waals surface area contributed by atoms with Crippen LogP contribution in [0.1, 0.15) is 35.7 Å². The van der Waals surface area contributed by atoms with Gasteiger partial charge in [0.05, 0.1) is 17.6 Å². The van der Waals surface area contributed by atoms with Crippen molar-refractivity contribution in [2.75, 3.05) is 11.9 Å². The van der Waals surface area contributed by atoms with Gasteiger partial charge in [-0.15, -0.1) is 0 Å². The zero-order valence-electron chi connectivity index (χ0n) is 17.5. The number of carbonyl (C=O) groups excluding carboxylic acids is 1. The van der Waals surface area contributed by atoms with E-state index in [2.05, 4.69) is 22.2 Å². The Kier molecular flexibility index (Phi) is 6.23. The van der Waals surface area contributed by atoms with Crippen LogP contribution in [0.25, 0.3) is 22.4 Å². The maximum atomic E-state index is 12.6. The van der Waals surface area contributed by atoms with Crippen LogP contribution in [-0.4, -0.2) is 22.5 Å². The van der Waals surface area contributed by atoms with Gasteiger partial charge in [0, 0.05) is 21.8 Å². The first-order valence-corrected chi connectivity index (χ1v) is 10.7. The third-order valence-electron chi connectivity index (χ3n) is 5.04. The average molecular weight is 434 g/mol. The number of unbranched alkanes of at least 4 members (excludes halogenated alkanes) is 1. The van der Waals surface area contributed by atoms with Crippen LogP contribution >= 0.6 is 11.6 Å². The number of hydrogen-bond donors (Lipinski definition) is 2. The lowest BCUT2D eigenvalue weighted by Crippen LogP contribution is -2.12. The highest BCUT2D eigenvalue weighted by Crippen LogP contribution is 2.26. The topological polar surface area (TPSA) is 67.0 Å². The maximum absolute atomic E-state index is 12.6. The largest absolute Gasteiger partial charge is 0.494 e. The second-order valence-electron chi connectivity index (χ2n) is 7.47. The van der Waals surface area contributed by atoms with Crippen LogP contribution in [0, 0.1) is 6.92 Å². The Morgan fingerprint density at radius 2 is 1.94 bits per heavy atom. The number of nitrogens with zero attached hydrogens (tertiary/aromatic N) is 1. The highest BCUT2D eigenvalue weighted by atomic mass is 35.5. The number of aryl methyl sites for hydroxylation is 1. The molecule has 3 aromatic carbocycles. The Morgan fingerprint density at radius 1 is 1.13 bits per heavy atom. The van der Waals surface area contributed by atoms with Crippen molar-refractivity contribution in [3.8, 4) is 17.1 Å². The van der Waals surface area contributed by atoms with Gasteiger partial charge in [-0.25, -0.2) is 4.98 Å². The van der Waals surface area contributed by atoms with Gasteiger partial charge >= 0.3 is 0 Å². The number of halogens is 1. The number of carbonyl (C=O) groups is 1. The molecule has 1 amide bonds. The molecule has 0 atom stereocenters. The summed E-state index contributed by atoms with van der Waals surface area (Å²) in [5.41, 5.74) is 4.96. The fourth-order valence-electron chi connectivity index (χ4n) is 3.25. The molecule has 0 bridgehead atoms. The molecule has 158 valence electrons. The molecule has 0 fully saturated rings. The van der Waals surface area contributed by atoms with E-state index in [1.54, 1.807) is 12.1 Å². The van der Waals surface area contributed by atoms with Gasteiger partial charge in [-0.3, -0.25) is 4.79 Å². The van der Waals surface area contributed by atoms with Crippen LogP contribution in [0.5, 0.6) is 5.75 Å². The minimum atomic E-state index is -0.178. The second-order valence-corrected chi connectivity index (χ2v) is 7.87. The standard InChI is InChI=1S/C25H24ClN3O2/c1-3-4-12-31-20-7-5-6-18(14-20)25(30)27-19-10-8-17(9-11-19)24-28-22-13-16(2)21(26)15-23(22)29-24/h5-11,13-15H,3-4,12H2,1-2H3,(H,27,30)(H,28,29). The summed E-state index contributed by atoms with van der Waals surface area (Å²) in [5.74, 6) is 1.28. The highest BCUT2D eigenvalue weighted by Gasteiger charge is 2.10. The van der Waals surface area contributed by atoms with Crippen molar-refractivity contribution in [3.05, 3.63) is 76.8 Å². The van der Waals surface area contributed by atoms with Crippen molar-refractivity contribution >= 4 is 34.2 Å². The van der Waals surface area contributed by atoms with Gasteiger partial charge in [0.2, 0.25) is 0 Å². The number of ether oxygens (including phenoxy) is 1. The fraction of sp³-hybridized carbons (Fsp3) is 0.200. The molecule has 0 aliphatic heterocycles. The van der Waals surface area contributed by atoms with Crippen molar-refractivity contribution in [1.82, 2.24) is 9.97 Å². The van der Waals surface area contributed by atoms with Gasteiger partial charge in [-0.2, -0.15) is 0 Å². The Bertz CT molecular complexity index is 1180. The normalized spacial score (nSPS) is 10.9. The molecule has 0 radical (unpaired) electrons. The number of benzene rings is 3. The summed E-state index contributed by atoms with van der Waals surface area (Å²) in [6, 6.07) is 18.7. The van der Waals surface area contributed by atoms with E-state index in [1.807, 2.05) is 55.5 Å². The van der Waals surface area contributed by atoms with Gasteiger partial charge in [-0.05, 0) is 73.5 Å². The monoisotopic (exact) mass is 433 g/mol. The molecule has 5 nitrogen and oxygen atoms in total. The molecule has 0 saturated carbocycles. The first-order valence-electron chi connectivity index (χ1n) is 10.3. The lowest BCUT2D eigenvalue weighted by atomic mass is 10.1. The molecule has 0 aliphatic rings. The van der Waals surface area contributed by atoms with Crippen LogP contribution in [0.4, 0.5) is 5.69 Å². The fourth-order valence-corrected chi connectivity index (χ4v) is 3.41. The molecular weight excluding hydrogens is 410 g/mol. The molecule has 0 spiro atoms. The zero-order chi connectivity index (χ0) is 21.8. The van der Waals surface area contributed by atoms with E-state index in [9.17, 15) is 4.79 Å². The first kappa shape index (κ1) is 20.9. The van der Waals surface area contributed by atoms with Crippen molar-refractivity contribution in [3.63, 3.8) is 0 Å². The lowest BCUT2D eigenvalue weighted by Gasteiger charge is -2.09. The number of aromatic amines is 1. The van der Waals surface area contributed by atoms with E-state index in [1.165, 1.54) is 0 Å². The molecule has 4 aromatic rings. The Balaban J connectivity index is 1.46. The lowest BCUT2D eigenvalue weighted by molar-refractivity contribution is 0.102. The Labute approximate surface area is 186 Å². The van der Waals surface area contributed by atoms with Gasteiger partial charge < -0.3 is 15.0 Å². The number of rotatable bonds is 7. The van der Waals surface area contributed by atoms with Crippen LogP contribution in [0.3, 0.4) is 0 Å². The number of anilines is 1. The maximum Gasteiger partial charge on any atom is 0.255 e. The predicted octanol–water partition coefficient (Wildman–Crippen LogP) is 6.62. The molecule has 31 heavy (non-hydrogen) atoms. The summed E-state index contributed by atoms with van der Waals surface area (Å²) < 4.78 is 5.69. The summed E-state index contributed by atoms with van der Waals surface area (Å²) >= 11 is 6.20. The van der Waals surface area contributed by atoms with Gasteiger partial charge in [0.15, 0.2) is 0 Å². The van der Waals surface area contributed by atoms with E-state index in [4.69, 9.17) is 16.3 Å². The van der Waals surface area contributed by atoms with Crippen LogP contribution < -0.4 is 10.1 Å². The molecule has 1 aromatic heterocycles. The highest BCUT2D eigenvalue weighted by molar-refractivity contribution is 6.32. The van der Waals surface area contributed by atoms with Crippen molar-refractivity contribution in [1.29, 1.82) is 0 Å². The summed E-state index contributed by atoms with van der Waals surface area (Å²) in [5, 5.41) is 3.63. The minimum absolute atomic E-state index is 0.178. The Morgan fingerprint density at radius 3 is 2.71 bits per heavy atom. The third-order valence-corrected chi connectivity index (χ3v) is 5.45.